The summed E-state index contributed by atoms with van der Waals surface area (Å²) in [5.74, 6) is 1.74. The minimum Gasteiger partial charge on any atom is -0.457 e. The molecule has 2 N–H and O–H groups in total. The van der Waals surface area contributed by atoms with E-state index in [2.05, 4.69) is 72.8 Å². The third kappa shape index (κ3) is 21.5. The van der Waals surface area contributed by atoms with E-state index < -0.39 is 14.1 Å². The summed E-state index contributed by atoms with van der Waals surface area (Å²) >= 11 is 0. The molecule has 396 valence electrons. The van der Waals surface area contributed by atoms with Gasteiger partial charge in [0.2, 0.25) is 0 Å². The summed E-state index contributed by atoms with van der Waals surface area (Å²) in [6, 6.07) is 80.6. The van der Waals surface area contributed by atoms with Gasteiger partial charge in [-0.15, -0.1) is 24.8 Å². The highest BCUT2D eigenvalue weighted by atomic mass is 35.5. The lowest BCUT2D eigenvalue weighted by Crippen LogP contribution is -2.24. The lowest BCUT2D eigenvalue weighted by molar-refractivity contribution is 0.00206. The lowest BCUT2D eigenvalue weighted by Gasteiger charge is -2.24. The summed E-state index contributed by atoms with van der Waals surface area (Å²) in [7, 11) is -4.55. The first kappa shape index (κ1) is 61.9. The SMILES string of the molecule is C1CCOC1.C1COCCOCCOCCOCCO1.Cl.Cl.N=P(c1ccccc1)(c1ccccc1)c1ccccc1.N=P(c1ccccc1)(c1ccccc1)c1ccccc1.c1ccc(Oc2ccccc2)cc1. The average molecular weight is 1090 g/mol. The number of rotatable bonds is 8. The second kappa shape index (κ2) is 37.2. The van der Waals surface area contributed by atoms with Crippen LogP contribution >= 0.6 is 38.9 Å². The molecule has 0 saturated carbocycles. The minimum absolute atomic E-state index is 0. The Kier molecular flexibility index (Phi) is 30.7. The van der Waals surface area contributed by atoms with Crippen LogP contribution in [0, 0.1) is 10.3 Å². The lowest BCUT2D eigenvalue weighted by atomic mass is 10.3. The Morgan fingerprint density at radius 2 is 0.400 bits per heavy atom. The third-order valence-corrected chi connectivity index (χ3v) is 17.7. The van der Waals surface area contributed by atoms with Crippen LogP contribution in [-0.2, 0) is 28.4 Å². The number of nitrogens with one attached hydrogen (secondary N) is 2. The van der Waals surface area contributed by atoms with E-state index in [9.17, 15) is 10.3 Å². The van der Waals surface area contributed by atoms with Crippen molar-refractivity contribution in [3.8, 4) is 11.5 Å². The molecule has 0 spiro atoms. The summed E-state index contributed by atoms with van der Waals surface area (Å²) in [6.45, 7) is 8.11. The van der Waals surface area contributed by atoms with Crippen LogP contribution < -0.4 is 36.6 Å². The molecule has 8 aromatic carbocycles. The Morgan fingerprint density at radius 3 is 0.560 bits per heavy atom. The Hall–Kier alpha value is -5.64. The summed E-state index contributed by atoms with van der Waals surface area (Å²) in [5, 5.41) is 25.1. The van der Waals surface area contributed by atoms with Crippen molar-refractivity contribution in [1.29, 1.82) is 10.3 Å². The van der Waals surface area contributed by atoms with E-state index in [0.29, 0.717) is 66.1 Å². The third-order valence-electron chi connectivity index (χ3n) is 11.3. The molecular weight excluding hydrogens is 1020 g/mol. The number of para-hydroxylation sites is 2. The fraction of sp³-hybridized carbons (Fsp3) is 0.226. The zero-order valence-electron chi connectivity index (χ0n) is 42.6. The van der Waals surface area contributed by atoms with E-state index in [1.54, 1.807) is 0 Å². The largest absolute Gasteiger partial charge is 0.457 e. The predicted molar refractivity (Wildman–Crippen MR) is 317 cm³/mol. The van der Waals surface area contributed by atoms with E-state index in [1.165, 1.54) is 12.8 Å². The van der Waals surface area contributed by atoms with E-state index in [4.69, 9.17) is 33.2 Å². The molecule has 2 fully saturated rings. The van der Waals surface area contributed by atoms with Crippen LogP contribution in [0.25, 0.3) is 0 Å². The molecule has 13 heteroatoms. The van der Waals surface area contributed by atoms with Gasteiger partial charge in [0.05, 0.1) is 80.2 Å². The monoisotopic (exact) mass is 1090 g/mol. The minimum atomic E-state index is -2.28. The summed E-state index contributed by atoms with van der Waals surface area (Å²) in [4.78, 5) is 0. The van der Waals surface area contributed by atoms with Gasteiger partial charge in [0.25, 0.3) is 0 Å². The molecule has 0 aromatic heterocycles. The van der Waals surface area contributed by atoms with Crippen LogP contribution in [0.4, 0.5) is 0 Å². The van der Waals surface area contributed by atoms with Crippen molar-refractivity contribution < 1.29 is 33.2 Å². The fourth-order valence-electron chi connectivity index (χ4n) is 7.53. The zero-order chi connectivity index (χ0) is 50.8. The summed E-state index contributed by atoms with van der Waals surface area (Å²) < 4.78 is 36.9. The molecule has 0 radical (unpaired) electrons. The van der Waals surface area contributed by atoms with Gasteiger partial charge in [-0.3, -0.25) is 0 Å². The molecule has 10 rings (SSSR count). The molecule has 0 aliphatic carbocycles. The normalized spacial score (nSPS) is 14.0. The van der Waals surface area contributed by atoms with Crippen LogP contribution in [-0.4, -0.2) is 79.3 Å². The van der Waals surface area contributed by atoms with Crippen LogP contribution in [0.1, 0.15) is 12.8 Å². The molecular formula is C62H72Cl2N2O7P2. The molecule has 2 heterocycles. The Bertz CT molecular complexity index is 2280. The van der Waals surface area contributed by atoms with Gasteiger partial charge in [-0.25, -0.2) is 0 Å². The van der Waals surface area contributed by atoms with Gasteiger partial charge in [0.1, 0.15) is 11.5 Å². The quantitative estimate of drug-likeness (QED) is 0.146. The maximum absolute atomic E-state index is 9.25. The first-order valence-corrected chi connectivity index (χ1v) is 28.5. The van der Waals surface area contributed by atoms with Crippen LogP contribution in [0.15, 0.2) is 243 Å². The molecule has 8 aromatic rings. The molecule has 2 aliphatic heterocycles. The Labute approximate surface area is 458 Å². The molecule has 0 unspecified atom stereocenters. The Balaban J connectivity index is 0.000000210. The molecule has 2 saturated heterocycles. The summed E-state index contributed by atoms with van der Waals surface area (Å²) in [5.41, 5.74) is 0. The molecule has 75 heavy (non-hydrogen) atoms. The van der Waals surface area contributed by atoms with Crippen LogP contribution in [0.5, 0.6) is 11.5 Å². The van der Waals surface area contributed by atoms with Crippen LogP contribution in [0.3, 0.4) is 0 Å². The average Bonchev–Trinajstić information content (AvgIpc) is 4.07. The van der Waals surface area contributed by atoms with Crippen molar-refractivity contribution in [2.24, 2.45) is 0 Å². The zero-order valence-corrected chi connectivity index (χ0v) is 46.0. The van der Waals surface area contributed by atoms with Crippen LogP contribution in [0.2, 0.25) is 0 Å². The van der Waals surface area contributed by atoms with Crippen molar-refractivity contribution in [3.63, 3.8) is 0 Å². The first-order valence-electron chi connectivity index (χ1n) is 24.9. The van der Waals surface area contributed by atoms with E-state index >= 15 is 0 Å². The van der Waals surface area contributed by atoms with E-state index in [-0.39, 0.29) is 24.8 Å². The van der Waals surface area contributed by atoms with Gasteiger partial charge in [0.15, 0.2) is 0 Å². The topological polar surface area (TPSA) is 112 Å². The maximum atomic E-state index is 9.25. The smallest absolute Gasteiger partial charge is 0.127 e. The maximum Gasteiger partial charge on any atom is 0.127 e. The van der Waals surface area contributed by atoms with Crippen molar-refractivity contribution in [1.82, 2.24) is 0 Å². The number of halogens is 2. The predicted octanol–water partition coefficient (Wildman–Crippen LogP) is 12.7. The van der Waals surface area contributed by atoms with Crippen molar-refractivity contribution in [2.45, 2.75) is 12.8 Å². The fourth-order valence-corrected chi connectivity index (χ4v) is 13.0. The Morgan fingerprint density at radius 1 is 0.240 bits per heavy atom. The van der Waals surface area contributed by atoms with Gasteiger partial charge in [-0.05, 0) is 68.9 Å². The standard InChI is InChI=1S/2C18H16NP.C12H10O.C10H20O5.C4H8O.2ClH/c2*19-20(16-10-4-1-5-11-16,17-12-6-2-7-13-17)18-14-8-3-9-15-18;1-3-7-11(8-4-1)13-12-9-5-2-6-10-12;1-2-12-5-6-14-9-10-15-8-7-13-4-3-11-1;1-2-4-5-3-1;;/h2*1-15,19H;1-10H;1-10H2;1-4H2;2*1H. The van der Waals surface area contributed by atoms with Crippen molar-refractivity contribution >= 4 is 70.8 Å². The van der Waals surface area contributed by atoms with Gasteiger partial charge in [-0.2, -0.15) is 0 Å². The number of hydrogen-bond acceptors (Lipinski definition) is 9. The molecule has 2 aliphatic rings. The number of hydrogen-bond donors (Lipinski definition) is 2. The summed E-state index contributed by atoms with van der Waals surface area (Å²) in [6.07, 6.45) is 2.56. The number of benzene rings is 8. The number of ether oxygens (including phenoxy) is 7. The van der Waals surface area contributed by atoms with Gasteiger partial charge in [0, 0.05) is 13.2 Å². The highest BCUT2D eigenvalue weighted by Gasteiger charge is 2.25. The van der Waals surface area contributed by atoms with Gasteiger partial charge in [-0.1, -0.05) is 218 Å². The second-order valence-corrected chi connectivity index (χ2v) is 22.2. The van der Waals surface area contributed by atoms with Gasteiger partial charge >= 0.3 is 0 Å². The van der Waals surface area contributed by atoms with E-state index in [0.717, 1.165) is 56.5 Å². The highest BCUT2D eigenvalue weighted by molar-refractivity contribution is 7.86. The molecule has 0 amide bonds. The first-order chi connectivity index (χ1) is 36.1. The molecule has 0 bridgehead atoms. The molecule has 9 nitrogen and oxygen atoms in total. The van der Waals surface area contributed by atoms with Gasteiger partial charge < -0.3 is 43.5 Å². The second-order valence-electron chi connectivity index (χ2n) is 16.5. The molecule has 0 atom stereocenters. The highest BCUT2D eigenvalue weighted by Crippen LogP contribution is 2.43. The van der Waals surface area contributed by atoms with Crippen molar-refractivity contribution in [3.05, 3.63) is 243 Å². The van der Waals surface area contributed by atoms with E-state index in [1.807, 2.05) is 170 Å². The van der Waals surface area contributed by atoms with Crippen molar-refractivity contribution in [2.75, 3.05) is 79.3 Å².